The number of amides is 2. The maximum absolute atomic E-state index is 14.1. The first-order chi connectivity index (χ1) is 22.1. The van der Waals surface area contributed by atoms with Gasteiger partial charge in [0.2, 0.25) is 11.8 Å². The van der Waals surface area contributed by atoms with Gasteiger partial charge in [0.1, 0.15) is 25.1 Å². The van der Waals surface area contributed by atoms with Crippen LogP contribution in [0.4, 0.5) is 0 Å². The Hall–Kier alpha value is -2.26. The van der Waals surface area contributed by atoms with Gasteiger partial charge in [0, 0.05) is 37.3 Å². The molecule has 256 valence electrons. The number of nitrogens with one attached hydrogen (secondary N) is 1. The van der Waals surface area contributed by atoms with Crippen LogP contribution in [0, 0.1) is 21.3 Å². The smallest absolute Gasteiger partial charge is 0.249 e. The largest absolute Gasteiger partial charge is 0.493 e. The summed E-state index contributed by atoms with van der Waals surface area (Å²) in [5.41, 5.74) is 0.718. The fraction of sp³-hybridized carbons (Fsp3) is 0.676. The van der Waals surface area contributed by atoms with Crippen LogP contribution in [-0.2, 0) is 19.1 Å². The number of aliphatic hydroxyl groups is 2. The molecule has 11 nitrogen and oxygen atoms in total. The van der Waals surface area contributed by atoms with Crippen LogP contribution in [0.15, 0.2) is 23.8 Å². The number of carbonyl (C=O) groups excluding carboxylic acids is 3. The summed E-state index contributed by atoms with van der Waals surface area (Å²) in [4.78, 5) is 40.4. The summed E-state index contributed by atoms with van der Waals surface area (Å²) in [6.07, 6.45) is 4.59. The van der Waals surface area contributed by atoms with Gasteiger partial charge in [0.25, 0.3) is 0 Å². The maximum atomic E-state index is 14.1. The number of nitrogens with zero attached hydrogens (tertiary/aromatic N) is 1. The normalized spacial score (nSPS) is 28.0. The van der Waals surface area contributed by atoms with E-state index in [2.05, 4.69) is 26.1 Å². The average Bonchev–Trinajstić information content (AvgIpc) is 3.56. The molecule has 1 aromatic rings. The lowest BCUT2D eigenvalue weighted by atomic mass is 9.75. The van der Waals surface area contributed by atoms with Gasteiger partial charge >= 0.3 is 0 Å². The number of aliphatic hydroxyl groups excluding tert-OH is 2. The third kappa shape index (κ3) is 9.21. The van der Waals surface area contributed by atoms with Crippen molar-refractivity contribution in [3.63, 3.8) is 0 Å². The highest BCUT2D eigenvalue weighted by atomic mass is 127. The van der Waals surface area contributed by atoms with Crippen LogP contribution >= 0.6 is 22.6 Å². The van der Waals surface area contributed by atoms with Crippen LogP contribution in [0.2, 0.25) is 0 Å². The molecule has 1 saturated carbocycles. The second-order valence-electron chi connectivity index (χ2n) is 13.0. The molecule has 12 heteroatoms. The zero-order valence-electron chi connectivity index (χ0n) is 27.3. The third-order valence-electron chi connectivity index (χ3n) is 9.38. The van der Waals surface area contributed by atoms with Crippen LogP contribution in [0.3, 0.4) is 0 Å². The van der Waals surface area contributed by atoms with E-state index in [1.54, 1.807) is 17.0 Å². The highest BCUT2D eigenvalue weighted by Crippen LogP contribution is 2.38. The number of aldehydes is 1. The second-order valence-corrected chi connectivity index (χ2v) is 14.2. The van der Waals surface area contributed by atoms with Crippen LogP contribution in [0.5, 0.6) is 11.5 Å². The van der Waals surface area contributed by atoms with Crippen molar-refractivity contribution in [2.45, 2.75) is 89.8 Å². The van der Waals surface area contributed by atoms with Gasteiger partial charge in [-0.1, -0.05) is 27.2 Å². The van der Waals surface area contributed by atoms with Gasteiger partial charge < -0.3 is 39.4 Å². The van der Waals surface area contributed by atoms with E-state index in [9.17, 15) is 24.6 Å². The number of methoxy groups -OCH3 is 1. The van der Waals surface area contributed by atoms with Crippen molar-refractivity contribution in [3.05, 3.63) is 32.9 Å². The Kier molecular flexibility index (Phi) is 13.7. The van der Waals surface area contributed by atoms with E-state index in [1.807, 2.05) is 22.6 Å². The summed E-state index contributed by atoms with van der Waals surface area (Å²) in [7, 11) is 1.45. The molecule has 0 radical (unpaired) electrons. The Morgan fingerprint density at radius 1 is 1.24 bits per heavy atom. The lowest BCUT2D eigenvalue weighted by Crippen LogP contribution is -2.57. The first kappa shape index (κ1) is 36.6. The van der Waals surface area contributed by atoms with E-state index in [0.717, 1.165) is 32.1 Å². The van der Waals surface area contributed by atoms with Crippen molar-refractivity contribution in [3.8, 4) is 11.5 Å². The standard InChI is InChI=1S/C34H49IN2O9/c1-20(2)25-8-7-21(3)12-28(25)45-19-31(40)37(17-24-6-5-11-44-24)27-15-23(34(42)36-9-10-38)16-29(32(27)41)46-33-26(35)13-22(18-39)14-30(33)43-4/h13-14,16,18,20-21,24-25,27-29,32,38,41H,5-12,15,17,19H2,1-4H3,(H,36,42). The van der Waals surface area contributed by atoms with Crippen LogP contribution in [0.25, 0.3) is 0 Å². The molecule has 0 aromatic heterocycles. The zero-order valence-corrected chi connectivity index (χ0v) is 29.4. The molecule has 7 unspecified atom stereocenters. The van der Waals surface area contributed by atoms with Gasteiger partial charge in [-0.2, -0.15) is 0 Å². The Balaban J connectivity index is 1.64. The number of ether oxygens (including phenoxy) is 4. The van der Waals surface area contributed by atoms with Crippen molar-refractivity contribution in [2.75, 3.05) is 40.0 Å². The number of hydrogen-bond acceptors (Lipinski definition) is 9. The zero-order chi connectivity index (χ0) is 33.4. The molecule has 0 bridgehead atoms. The first-order valence-corrected chi connectivity index (χ1v) is 17.4. The van der Waals surface area contributed by atoms with E-state index >= 15 is 0 Å². The van der Waals surface area contributed by atoms with Crippen LogP contribution in [-0.4, -0.2) is 104 Å². The van der Waals surface area contributed by atoms with Crippen molar-refractivity contribution in [2.24, 2.45) is 17.8 Å². The molecule has 1 aromatic carbocycles. The number of hydrogen-bond donors (Lipinski definition) is 3. The summed E-state index contributed by atoms with van der Waals surface area (Å²) in [5.74, 6) is 1.21. The quantitative estimate of drug-likeness (QED) is 0.192. The highest BCUT2D eigenvalue weighted by molar-refractivity contribution is 14.1. The minimum atomic E-state index is -1.22. The fourth-order valence-corrected chi connectivity index (χ4v) is 7.59. The predicted molar refractivity (Wildman–Crippen MR) is 180 cm³/mol. The topological polar surface area (TPSA) is 144 Å². The maximum Gasteiger partial charge on any atom is 0.249 e. The molecular weight excluding hydrogens is 707 g/mol. The number of rotatable bonds is 14. The van der Waals surface area contributed by atoms with E-state index < -0.39 is 24.2 Å². The molecule has 1 saturated heterocycles. The van der Waals surface area contributed by atoms with E-state index in [0.29, 0.717) is 56.9 Å². The molecule has 2 amide bonds. The monoisotopic (exact) mass is 756 g/mol. The Labute approximate surface area is 285 Å². The van der Waals surface area contributed by atoms with Crippen molar-refractivity contribution < 1.29 is 43.5 Å². The minimum absolute atomic E-state index is 0.0340. The molecule has 2 aliphatic carbocycles. The molecule has 0 spiro atoms. The third-order valence-corrected chi connectivity index (χ3v) is 10.2. The Bertz CT molecular complexity index is 1240. The molecule has 3 aliphatic rings. The molecule has 2 fully saturated rings. The molecular formula is C34H49IN2O9. The summed E-state index contributed by atoms with van der Waals surface area (Å²) < 4.78 is 24.7. The van der Waals surface area contributed by atoms with Crippen LogP contribution in [0.1, 0.15) is 69.7 Å². The Morgan fingerprint density at radius 3 is 2.67 bits per heavy atom. The SMILES string of the molecule is COc1cc(C=O)cc(I)c1OC1C=C(C(=O)NCCO)CC(N(CC2CCCO2)C(=O)COC2CC(C)CCC2C(C)C)C1O. The van der Waals surface area contributed by atoms with Gasteiger partial charge in [-0.05, 0) is 84.2 Å². The number of carbonyl (C=O) groups is 3. The summed E-state index contributed by atoms with van der Waals surface area (Å²) in [6, 6.07) is 2.35. The number of benzene rings is 1. The average molecular weight is 757 g/mol. The summed E-state index contributed by atoms with van der Waals surface area (Å²) in [6.45, 7) is 7.12. The second kappa shape index (κ2) is 17.2. The minimum Gasteiger partial charge on any atom is -0.493 e. The van der Waals surface area contributed by atoms with Gasteiger partial charge in [-0.25, -0.2) is 0 Å². The van der Waals surface area contributed by atoms with E-state index in [4.69, 9.17) is 18.9 Å². The van der Waals surface area contributed by atoms with Gasteiger partial charge in [-0.3, -0.25) is 14.4 Å². The molecule has 7 atom stereocenters. The highest BCUT2D eigenvalue weighted by Gasteiger charge is 2.42. The molecule has 3 N–H and O–H groups in total. The molecule has 1 heterocycles. The predicted octanol–water partition coefficient (Wildman–Crippen LogP) is 3.51. The summed E-state index contributed by atoms with van der Waals surface area (Å²) >= 11 is 2.03. The first-order valence-electron chi connectivity index (χ1n) is 16.4. The van der Waals surface area contributed by atoms with E-state index in [1.165, 1.54) is 13.2 Å². The van der Waals surface area contributed by atoms with Crippen LogP contribution < -0.4 is 14.8 Å². The Morgan fingerprint density at radius 2 is 2.02 bits per heavy atom. The fourth-order valence-electron chi connectivity index (χ4n) is 6.84. The molecule has 46 heavy (non-hydrogen) atoms. The number of halogens is 1. The summed E-state index contributed by atoms with van der Waals surface area (Å²) in [5, 5.41) is 23.9. The van der Waals surface area contributed by atoms with Crippen molar-refractivity contribution in [1.29, 1.82) is 0 Å². The lowest BCUT2D eigenvalue weighted by molar-refractivity contribution is -0.150. The van der Waals surface area contributed by atoms with Gasteiger partial charge in [0.15, 0.2) is 11.5 Å². The molecule has 4 rings (SSSR count). The van der Waals surface area contributed by atoms with Crippen molar-refractivity contribution in [1.82, 2.24) is 10.2 Å². The van der Waals surface area contributed by atoms with E-state index in [-0.39, 0.29) is 50.8 Å². The van der Waals surface area contributed by atoms with Gasteiger partial charge in [0.05, 0.1) is 35.5 Å². The van der Waals surface area contributed by atoms with Crippen molar-refractivity contribution >= 4 is 40.7 Å². The van der Waals surface area contributed by atoms with Gasteiger partial charge in [-0.15, -0.1) is 0 Å². The lowest BCUT2D eigenvalue weighted by Gasteiger charge is -2.42. The molecule has 1 aliphatic heterocycles.